The molecular weight excluding hydrogens is 238 g/mol. The molecule has 0 heterocycles. The van der Waals surface area contributed by atoms with Crippen LogP contribution in [-0.4, -0.2) is 25.3 Å². The summed E-state index contributed by atoms with van der Waals surface area (Å²) in [5.41, 5.74) is 1.86. The number of ether oxygens (including phenoxy) is 1. The Balaban J connectivity index is 2.69. The third kappa shape index (κ3) is 4.38. The molecule has 17 heavy (non-hydrogen) atoms. The van der Waals surface area contributed by atoms with Gasteiger partial charge in [0.05, 0.1) is 13.2 Å². The lowest BCUT2D eigenvalue weighted by Gasteiger charge is -2.16. The maximum atomic E-state index is 10.1. The molecule has 2 N–H and O–H groups in total. The van der Waals surface area contributed by atoms with Crippen molar-refractivity contribution in [2.75, 3.05) is 20.2 Å². The third-order valence-electron chi connectivity index (χ3n) is 2.40. The lowest BCUT2D eigenvalue weighted by atomic mass is 10.1. The molecule has 3 nitrogen and oxygen atoms in total. The van der Waals surface area contributed by atoms with Gasteiger partial charge in [-0.2, -0.15) is 0 Å². The highest BCUT2D eigenvalue weighted by Crippen LogP contribution is 2.25. The zero-order valence-electron chi connectivity index (χ0n) is 10.2. The Morgan fingerprint density at radius 3 is 2.88 bits per heavy atom. The van der Waals surface area contributed by atoms with Crippen LogP contribution in [0.4, 0.5) is 0 Å². The summed E-state index contributed by atoms with van der Waals surface area (Å²) in [6.07, 6.45) is -0.624. The third-order valence-corrected chi connectivity index (χ3v) is 2.53. The van der Waals surface area contributed by atoms with Gasteiger partial charge in [-0.05, 0) is 19.1 Å². The van der Waals surface area contributed by atoms with Gasteiger partial charge in [-0.25, -0.2) is 0 Å². The summed E-state index contributed by atoms with van der Waals surface area (Å²) in [6, 6.07) is 5.72. The number of benzene rings is 1. The van der Waals surface area contributed by atoms with Gasteiger partial charge in [0.1, 0.15) is 5.75 Å². The van der Waals surface area contributed by atoms with Crippen LogP contribution in [0.1, 0.15) is 17.2 Å². The van der Waals surface area contributed by atoms with E-state index in [0.717, 1.165) is 11.1 Å². The van der Waals surface area contributed by atoms with Gasteiger partial charge in [0, 0.05) is 23.7 Å². The fourth-order valence-corrected chi connectivity index (χ4v) is 1.66. The van der Waals surface area contributed by atoms with Gasteiger partial charge in [-0.15, -0.1) is 0 Å². The molecule has 1 unspecified atom stereocenters. The summed E-state index contributed by atoms with van der Waals surface area (Å²) < 4.78 is 5.22. The lowest BCUT2D eigenvalue weighted by molar-refractivity contribution is 0.172. The number of aliphatic hydroxyl groups is 1. The zero-order chi connectivity index (χ0) is 12.8. The largest absolute Gasteiger partial charge is 0.496 e. The standard InChI is InChI=1S/C13H18ClNO2/c1-9-4-5-13(17-3)11(6-9)12(16)8-15-7-10(2)14/h4-6,12,15-16H,2,7-8H2,1,3H3. The van der Waals surface area contributed by atoms with Crippen LogP contribution in [0.25, 0.3) is 0 Å². The first-order valence-corrected chi connectivity index (χ1v) is 5.79. The van der Waals surface area contributed by atoms with Crippen LogP contribution in [-0.2, 0) is 0 Å². The van der Waals surface area contributed by atoms with Crippen LogP contribution in [0, 0.1) is 6.92 Å². The van der Waals surface area contributed by atoms with Crippen LogP contribution < -0.4 is 10.1 Å². The van der Waals surface area contributed by atoms with Crippen LogP contribution >= 0.6 is 11.6 Å². The Morgan fingerprint density at radius 2 is 2.29 bits per heavy atom. The Morgan fingerprint density at radius 1 is 1.59 bits per heavy atom. The summed E-state index contributed by atoms with van der Waals surface area (Å²) in [5.74, 6) is 0.689. The summed E-state index contributed by atoms with van der Waals surface area (Å²) in [6.45, 7) is 6.43. The second-order valence-corrected chi connectivity index (χ2v) is 4.44. The topological polar surface area (TPSA) is 41.5 Å². The molecule has 94 valence electrons. The van der Waals surface area contributed by atoms with E-state index < -0.39 is 6.10 Å². The predicted octanol–water partition coefficient (Wildman–Crippen LogP) is 2.38. The first-order chi connectivity index (χ1) is 8.04. The maximum absolute atomic E-state index is 10.1. The molecule has 0 amide bonds. The summed E-state index contributed by atoms with van der Waals surface area (Å²) in [7, 11) is 1.59. The molecule has 0 fully saturated rings. The molecule has 0 aromatic heterocycles. The van der Waals surface area contributed by atoms with Crippen LogP contribution in [0.3, 0.4) is 0 Å². The Kier molecular flexibility index (Phi) is 5.48. The van der Waals surface area contributed by atoms with Gasteiger partial charge in [-0.1, -0.05) is 29.8 Å². The van der Waals surface area contributed by atoms with Crippen molar-refractivity contribution in [3.8, 4) is 5.75 Å². The number of aryl methyl sites for hydroxylation is 1. The molecule has 4 heteroatoms. The number of hydrogen-bond acceptors (Lipinski definition) is 3. The quantitative estimate of drug-likeness (QED) is 0.820. The van der Waals surface area contributed by atoms with E-state index in [1.165, 1.54) is 0 Å². The molecular formula is C13H18ClNO2. The average Bonchev–Trinajstić information content (AvgIpc) is 2.28. The number of methoxy groups -OCH3 is 1. The Hall–Kier alpha value is -1.03. The second kappa shape index (κ2) is 6.64. The van der Waals surface area contributed by atoms with E-state index >= 15 is 0 Å². The van der Waals surface area contributed by atoms with Crippen molar-refractivity contribution in [2.45, 2.75) is 13.0 Å². The molecule has 0 aliphatic heterocycles. The van der Waals surface area contributed by atoms with Gasteiger partial charge < -0.3 is 15.2 Å². The zero-order valence-corrected chi connectivity index (χ0v) is 10.9. The van der Waals surface area contributed by atoms with Crippen molar-refractivity contribution in [3.63, 3.8) is 0 Å². The fraction of sp³-hybridized carbons (Fsp3) is 0.385. The lowest BCUT2D eigenvalue weighted by Crippen LogP contribution is -2.22. The molecule has 1 rings (SSSR count). The van der Waals surface area contributed by atoms with Crippen LogP contribution in [0.5, 0.6) is 5.75 Å². The molecule has 0 saturated carbocycles. The molecule has 1 aromatic carbocycles. The highest BCUT2D eigenvalue weighted by Gasteiger charge is 2.12. The van der Waals surface area contributed by atoms with E-state index in [-0.39, 0.29) is 0 Å². The van der Waals surface area contributed by atoms with Crippen LogP contribution in [0.2, 0.25) is 0 Å². The highest BCUT2D eigenvalue weighted by atomic mass is 35.5. The van der Waals surface area contributed by atoms with E-state index in [0.29, 0.717) is 23.9 Å². The molecule has 1 atom stereocenters. The number of halogens is 1. The van der Waals surface area contributed by atoms with E-state index in [1.54, 1.807) is 7.11 Å². The van der Waals surface area contributed by atoms with E-state index in [1.807, 2.05) is 25.1 Å². The van der Waals surface area contributed by atoms with Crippen molar-refractivity contribution in [2.24, 2.45) is 0 Å². The van der Waals surface area contributed by atoms with Gasteiger partial charge in [0.15, 0.2) is 0 Å². The van der Waals surface area contributed by atoms with Crippen molar-refractivity contribution in [3.05, 3.63) is 40.9 Å². The fourth-order valence-electron chi connectivity index (χ4n) is 1.57. The molecule has 0 spiro atoms. The number of rotatable bonds is 6. The smallest absolute Gasteiger partial charge is 0.124 e. The molecule has 0 radical (unpaired) electrons. The number of aliphatic hydroxyl groups excluding tert-OH is 1. The molecule has 0 aliphatic rings. The Labute approximate surface area is 107 Å². The monoisotopic (exact) mass is 255 g/mol. The molecule has 0 aliphatic carbocycles. The summed E-state index contributed by atoms with van der Waals surface area (Å²) in [4.78, 5) is 0. The van der Waals surface area contributed by atoms with E-state index in [4.69, 9.17) is 16.3 Å². The first-order valence-electron chi connectivity index (χ1n) is 5.41. The summed E-state index contributed by atoms with van der Waals surface area (Å²) in [5, 5.41) is 13.6. The normalized spacial score (nSPS) is 12.2. The van der Waals surface area contributed by atoms with Gasteiger partial charge in [0.2, 0.25) is 0 Å². The minimum Gasteiger partial charge on any atom is -0.496 e. The first kappa shape index (κ1) is 14.0. The summed E-state index contributed by atoms with van der Waals surface area (Å²) >= 11 is 5.63. The molecule has 0 saturated heterocycles. The maximum Gasteiger partial charge on any atom is 0.124 e. The molecule has 0 bridgehead atoms. The second-order valence-electron chi connectivity index (χ2n) is 3.91. The predicted molar refractivity (Wildman–Crippen MR) is 70.6 cm³/mol. The van der Waals surface area contributed by atoms with Crippen molar-refractivity contribution >= 4 is 11.6 Å². The minimum absolute atomic E-state index is 0.408. The van der Waals surface area contributed by atoms with Gasteiger partial charge >= 0.3 is 0 Å². The highest BCUT2D eigenvalue weighted by molar-refractivity contribution is 6.29. The number of nitrogens with one attached hydrogen (secondary N) is 1. The minimum atomic E-state index is -0.624. The number of hydrogen-bond donors (Lipinski definition) is 2. The van der Waals surface area contributed by atoms with E-state index in [9.17, 15) is 5.11 Å². The van der Waals surface area contributed by atoms with Crippen molar-refractivity contribution < 1.29 is 9.84 Å². The van der Waals surface area contributed by atoms with Crippen molar-refractivity contribution in [1.82, 2.24) is 5.32 Å². The van der Waals surface area contributed by atoms with Crippen molar-refractivity contribution in [1.29, 1.82) is 0 Å². The van der Waals surface area contributed by atoms with Gasteiger partial charge in [0.25, 0.3) is 0 Å². The Bertz CT molecular complexity index is 393. The van der Waals surface area contributed by atoms with E-state index in [2.05, 4.69) is 11.9 Å². The van der Waals surface area contributed by atoms with Gasteiger partial charge in [-0.3, -0.25) is 0 Å². The van der Waals surface area contributed by atoms with Crippen LogP contribution in [0.15, 0.2) is 29.8 Å². The molecule has 1 aromatic rings. The average molecular weight is 256 g/mol. The SMILES string of the molecule is C=C(Cl)CNCC(O)c1cc(C)ccc1OC.